The Hall–Kier alpha value is -2.59. The summed E-state index contributed by atoms with van der Waals surface area (Å²) in [5, 5.41) is 17.7. The largest absolute Gasteiger partial charge is 0.480 e. The number of nitrogens with one attached hydrogen (secondary N) is 3. The van der Waals surface area contributed by atoms with E-state index in [9.17, 15) is 24.3 Å². The normalized spacial score (nSPS) is 15.4. The first-order chi connectivity index (χ1) is 16.5. The molecule has 0 aliphatic carbocycles. The van der Waals surface area contributed by atoms with E-state index in [1.807, 2.05) is 40.0 Å². The van der Waals surface area contributed by atoms with Gasteiger partial charge in [0.25, 0.3) is 0 Å². The highest BCUT2D eigenvalue weighted by Crippen LogP contribution is 2.11. The lowest BCUT2D eigenvalue weighted by Gasteiger charge is -2.28. The van der Waals surface area contributed by atoms with Crippen LogP contribution < -0.4 is 21.7 Å². The highest BCUT2D eigenvalue weighted by atomic mass is 32.2. The van der Waals surface area contributed by atoms with Crippen LogP contribution in [0.15, 0.2) is 30.3 Å². The van der Waals surface area contributed by atoms with Crippen LogP contribution in [0.4, 0.5) is 0 Å². The minimum Gasteiger partial charge on any atom is -0.480 e. The quantitative estimate of drug-likeness (QED) is 0.241. The van der Waals surface area contributed by atoms with Crippen LogP contribution in [0.1, 0.15) is 46.1 Å². The predicted octanol–water partition coefficient (Wildman–Crippen LogP) is 1.55. The lowest BCUT2D eigenvalue weighted by molar-refractivity contribution is -0.142. The Morgan fingerprint density at radius 1 is 0.943 bits per heavy atom. The average Bonchev–Trinajstić information content (AvgIpc) is 2.83. The van der Waals surface area contributed by atoms with Crippen molar-refractivity contribution in [2.24, 2.45) is 17.6 Å². The van der Waals surface area contributed by atoms with Gasteiger partial charge in [0.2, 0.25) is 17.7 Å². The molecule has 3 amide bonds. The Morgan fingerprint density at radius 2 is 1.54 bits per heavy atom. The van der Waals surface area contributed by atoms with E-state index in [1.54, 1.807) is 24.3 Å². The Kier molecular flexibility index (Phi) is 13.4. The summed E-state index contributed by atoms with van der Waals surface area (Å²) in [5.74, 6) is -2.40. The maximum absolute atomic E-state index is 13.2. The summed E-state index contributed by atoms with van der Waals surface area (Å²) in [6, 6.07) is 5.26. The average molecular weight is 509 g/mol. The zero-order valence-corrected chi connectivity index (χ0v) is 22.1. The minimum atomic E-state index is -1.16. The van der Waals surface area contributed by atoms with Crippen LogP contribution in [0.2, 0.25) is 0 Å². The number of nitrogens with two attached hydrogens (primary N) is 1. The molecule has 1 rings (SSSR count). The zero-order valence-electron chi connectivity index (χ0n) is 21.2. The van der Waals surface area contributed by atoms with Gasteiger partial charge in [0.05, 0.1) is 6.04 Å². The molecule has 0 saturated carbocycles. The molecule has 5 atom stereocenters. The molecular weight excluding hydrogens is 468 g/mol. The molecule has 0 aliphatic heterocycles. The van der Waals surface area contributed by atoms with E-state index in [-0.39, 0.29) is 18.3 Å². The van der Waals surface area contributed by atoms with Crippen molar-refractivity contribution in [2.45, 2.75) is 71.1 Å². The first-order valence-electron chi connectivity index (χ1n) is 11.9. The van der Waals surface area contributed by atoms with Crippen LogP contribution in [-0.2, 0) is 25.6 Å². The summed E-state index contributed by atoms with van der Waals surface area (Å²) >= 11 is 1.51. The van der Waals surface area contributed by atoms with Crippen LogP contribution in [0.3, 0.4) is 0 Å². The van der Waals surface area contributed by atoms with Gasteiger partial charge >= 0.3 is 5.97 Å². The number of carboxylic acids is 1. The molecule has 9 nitrogen and oxygen atoms in total. The molecule has 6 N–H and O–H groups in total. The van der Waals surface area contributed by atoms with Crippen molar-refractivity contribution in [2.75, 3.05) is 12.0 Å². The monoisotopic (exact) mass is 508 g/mol. The second kappa shape index (κ2) is 15.4. The van der Waals surface area contributed by atoms with Crippen LogP contribution in [0.5, 0.6) is 0 Å². The molecule has 5 unspecified atom stereocenters. The van der Waals surface area contributed by atoms with Crippen LogP contribution in [0.25, 0.3) is 0 Å². The van der Waals surface area contributed by atoms with Crippen LogP contribution in [0, 0.1) is 11.8 Å². The molecule has 0 radical (unpaired) electrons. The van der Waals surface area contributed by atoms with Crippen molar-refractivity contribution in [3.05, 3.63) is 35.9 Å². The molecule has 0 aliphatic rings. The number of carbonyl (C=O) groups excluding carboxylic acids is 3. The molecule has 196 valence electrons. The van der Waals surface area contributed by atoms with Crippen molar-refractivity contribution < 1.29 is 24.3 Å². The highest BCUT2D eigenvalue weighted by Gasteiger charge is 2.32. The topological polar surface area (TPSA) is 151 Å². The zero-order chi connectivity index (χ0) is 26.5. The van der Waals surface area contributed by atoms with Crippen molar-refractivity contribution in [3.8, 4) is 0 Å². The van der Waals surface area contributed by atoms with E-state index in [1.165, 1.54) is 11.8 Å². The number of carboxylic acid groups (broad SMARTS) is 1. The number of benzene rings is 1. The third-order valence-electron chi connectivity index (χ3n) is 5.96. The molecule has 0 bridgehead atoms. The van der Waals surface area contributed by atoms with Gasteiger partial charge in [-0.15, -0.1) is 0 Å². The SMILES string of the molecule is CCC(C)C(NC(=O)C(N)C(C)C)C(=O)NC(CCSC)C(=O)NC(Cc1ccccc1)C(=O)O. The first-order valence-corrected chi connectivity index (χ1v) is 13.3. The fourth-order valence-electron chi connectivity index (χ4n) is 3.34. The van der Waals surface area contributed by atoms with Gasteiger partial charge in [-0.05, 0) is 35.8 Å². The van der Waals surface area contributed by atoms with Crippen LogP contribution in [-0.4, -0.2) is 65.0 Å². The fourth-order valence-corrected chi connectivity index (χ4v) is 3.81. The molecule has 10 heteroatoms. The van der Waals surface area contributed by atoms with Crippen molar-refractivity contribution in [1.82, 2.24) is 16.0 Å². The third-order valence-corrected chi connectivity index (χ3v) is 6.60. The number of aliphatic carboxylic acids is 1. The summed E-state index contributed by atoms with van der Waals surface area (Å²) in [6.07, 6.45) is 2.92. The molecule has 0 spiro atoms. The first kappa shape index (κ1) is 30.4. The standard InChI is InChI=1S/C25H40N4O5S/c1-6-16(4)21(29-23(31)20(26)15(2)3)24(32)27-18(12-13-35-5)22(30)28-19(25(33)34)14-17-10-8-7-9-11-17/h7-11,15-16,18-21H,6,12-14,26H2,1-5H3,(H,27,32)(H,28,30)(H,29,31)(H,33,34). The van der Waals surface area contributed by atoms with Gasteiger partial charge in [0, 0.05) is 6.42 Å². The van der Waals surface area contributed by atoms with E-state index in [4.69, 9.17) is 5.73 Å². The van der Waals surface area contributed by atoms with E-state index in [0.29, 0.717) is 18.6 Å². The maximum atomic E-state index is 13.2. The van der Waals surface area contributed by atoms with Gasteiger partial charge in [-0.3, -0.25) is 14.4 Å². The van der Waals surface area contributed by atoms with Gasteiger partial charge in [-0.25, -0.2) is 4.79 Å². The molecule has 0 aromatic heterocycles. The number of amides is 3. The van der Waals surface area contributed by atoms with E-state index in [2.05, 4.69) is 16.0 Å². The smallest absolute Gasteiger partial charge is 0.326 e. The summed E-state index contributed by atoms with van der Waals surface area (Å²) in [5.41, 5.74) is 6.71. The fraction of sp³-hybridized carbons (Fsp3) is 0.600. The molecule has 0 fully saturated rings. The Balaban J connectivity index is 3.01. The van der Waals surface area contributed by atoms with E-state index in [0.717, 1.165) is 5.56 Å². The predicted molar refractivity (Wildman–Crippen MR) is 139 cm³/mol. The van der Waals surface area contributed by atoms with E-state index < -0.39 is 47.9 Å². The van der Waals surface area contributed by atoms with E-state index >= 15 is 0 Å². The van der Waals surface area contributed by atoms with Crippen molar-refractivity contribution in [1.29, 1.82) is 0 Å². The minimum absolute atomic E-state index is 0.103. The number of carbonyl (C=O) groups is 4. The van der Waals surface area contributed by atoms with Gasteiger partial charge in [-0.1, -0.05) is 64.4 Å². The lowest BCUT2D eigenvalue weighted by Crippen LogP contribution is -2.59. The van der Waals surface area contributed by atoms with Gasteiger partial charge in [-0.2, -0.15) is 11.8 Å². The van der Waals surface area contributed by atoms with Crippen molar-refractivity contribution >= 4 is 35.5 Å². The number of thioether (sulfide) groups is 1. The third kappa shape index (κ3) is 10.3. The number of hydrogen-bond donors (Lipinski definition) is 5. The maximum Gasteiger partial charge on any atom is 0.326 e. The molecule has 35 heavy (non-hydrogen) atoms. The lowest BCUT2D eigenvalue weighted by atomic mass is 9.96. The van der Waals surface area contributed by atoms with Crippen molar-refractivity contribution in [3.63, 3.8) is 0 Å². The Morgan fingerprint density at radius 3 is 2.06 bits per heavy atom. The number of rotatable bonds is 15. The second-order valence-corrected chi connectivity index (χ2v) is 10.1. The summed E-state index contributed by atoms with van der Waals surface area (Å²) < 4.78 is 0. The molecule has 1 aromatic carbocycles. The van der Waals surface area contributed by atoms with Gasteiger partial charge in [0.15, 0.2) is 0 Å². The number of hydrogen-bond acceptors (Lipinski definition) is 6. The molecule has 0 saturated heterocycles. The highest BCUT2D eigenvalue weighted by molar-refractivity contribution is 7.98. The molecule has 1 aromatic rings. The molecular formula is C25H40N4O5S. The summed E-state index contributed by atoms with van der Waals surface area (Å²) in [7, 11) is 0. The van der Waals surface area contributed by atoms with Gasteiger partial charge < -0.3 is 26.8 Å². The summed E-state index contributed by atoms with van der Waals surface area (Å²) in [6.45, 7) is 7.38. The van der Waals surface area contributed by atoms with Gasteiger partial charge in [0.1, 0.15) is 18.1 Å². The Labute approximate surface area is 212 Å². The molecule has 0 heterocycles. The Bertz CT molecular complexity index is 836. The van der Waals surface area contributed by atoms with Crippen LogP contribution >= 0.6 is 11.8 Å². The summed E-state index contributed by atoms with van der Waals surface area (Å²) in [4.78, 5) is 50.6. The second-order valence-electron chi connectivity index (χ2n) is 9.07.